The molecule has 3 aliphatic heterocycles. The largest absolute Gasteiger partial charge is 0.478 e. The summed E-state index contributed by atoms with van der Waals surface area (Å²) in [6.07, 6.45) is 2.41. The highest BCUT2D eigenvalue weighted by Crippen LogP contribution is 2.60. The molecular weight excluding hydrogens is 440 g/mol. The minimum Gasteiger partial charge on any atom is -0.478 e. The molecule has 1 spiro atoms. The summed E-state index contributed by atoms with van der Waals surface area (Å²) in [5.41, 5.74) is 2.97. The lowest BCUT2D eigenvalue weighted by molar-refractivity contribution is -0.129. The third-order valence-corrected chi connectivity index (χ3v) is 8.53. The molecule has 0 bridgehead atoms. The monoisotopic (exact) mass is 462 g/mol. The number of likely N-dealkylation sites (tertiary alicyclic amines) is 1. The van der Waals surface area contributed by atoms with E-state index in [0.29, 0.717) is 16.5 Å². The second-order valence-electron chi connectivity index (χ2n) is 9.98. The van der Waals surface area contributed by atoms with Crippen molar-refractivity contribution in [2.24, 2.45) is 11.8 Å². The molecule has 4 aliphatic rings. The Morgan fingerprint density at radius 2 is 2.09 bits per heavy atom. The van der Waals surface area contributed by atoms with E-state index in [1.807, 2.05) is 24.3 Å². The summed E-state index contributed by atoms with van der Waals surface area (Å²) in [4.78, 5) is 32.6. The Hall–Kier alpha value is -2.90. The molecule has 168 valence electrons. The molecule has 1 aliphatic carbocycles. The maximum absolute atomic E-state index is 13.7. The fourth-order valence-corrected chi connectivity index (χ4v) is 6.89. The molecule has 1 amide bonds. The summed E-state index contributed by atoms with van der Waals surface area (Å²) in [5, 5.41) is 13.1. The van der Waals surface area contributed by atoms with Crippen molar-refractivity contribution in [2.45, 2.75) is 43.8 Å². The number of imidazole rings is 1. The summed E-state index contributed by atoms with van der Waals surface area (Å²) in [6.45, 7) is 3.82. The molecule has 33 heavy (non-hydrogen) atoms. The normalized spacial score (nSPS) is 30.0. The second-order valence-corrected chi connectivity index (χ2v) is 10.4. The third kappa shape index (κ3) is 2.41. The summed E-state index contributed by atoms with van der Waals surface area (Å²) in [7, 11) is 0. The fourth-order valence-electron chi connectivity index (χ4n) is 6.72. The number of nitrogens with zero attached hydrogens (tertiary/aromatic N) is 3. The van der Waals surface area contributed by atoms with Crippen molar-refractivity contribution in [3.05, 3.63) is 58.4 Å². The molecule has 1 saturated carbocycles. The Kier molecular flexibility index (Phi) is 3.77. The number of aromatic carboxylic acids is 1. The van der Waals surface area contributed by atoms with Gasteiger partial charge in [-0.3, -0.25) is 9.69 Å². The van der Waals surface area contributed by atoms with E-state index in [1.165, 1.54) is 12.8 Å². The maximum atomic E-state index is 13.7. The molecule has 2 N–H and O–H groups in total. The molecule has 0 radical (unpaired) electrons. The predicted molar refractivity (Wildman–Crippen MR) is 124 cm³/mol. The standard InChI is InChI=1S/C25H23ClN4O3/c1-12-21-20(11-29-19-7-4-14(23(31)32)8-18(19)27-22(21)29)30(10-13-2-3-13)25(12)16-6-5-15(26)9-17(16)28-24(25)33/h4-9,12-13,20-21H,2-3,10-11H2,1H3,(H,28,33)(H,31,32)/t12-,20?,21?,25-/m1/s1. The Morgan fingerprint density at radius 3 is 2.85 bits per heavy atom. The number of carboxylic acids is 1. The van der Waals surface area contributed by atoms with Gasteiger partial charge in [-0.2, -0.15) is 0 Å². The number of carboxylic acid groups (broad SMARTS) is 1. The number of rotatable bonds is 3. The first-order valence-electron chi connectivity index (χ1n) is 11.5. The lowest BCUT2D eigenvalue weighted by atomic mass is 9.76. The number of benzene rings is 2. The number of hydrogen-bond donors (Lipinski definition) is 2. The van der Waals surface area contributed by atoms with Gasteiger partial charge >= 0.3 is 5.97 Å². The highest BCUT2D eigenvalue weighted by atomic mass is 35.5. The van der Waals surface area contributed by atoms with Crippen molar-refractivity contribution in [3.8, 4) is 0 Å². The quantitative estimate of drug-likeness (QED) is 0.612. The lowest BCUT2D eigenvalue weighted by Crippen LogP contribution is -2.53. The summed E-state index contributed by atoms with van der Waals surface area (Å²) < 4.78 is 2.23. The number of fused-ring (bicyclic) bond motifs is 7. The molecule has 2 fully saturated rings. The van der Waals surface area contributed by atoms with Crippen LogP contribution in [0.2, 0.25) is 5.02 Å². The van der Waals surface area contributed by atoms with Crippen LogP contribution in [0, 0.1) is 11.8 Å². The Morgan fingerprint density at radius 1 is 1.27 bits per heavy atom. The molecule has 7 nitrogen and oxygen atoms in total. The maximum Gasteiger partial charge on any atom is 0.335 e. The van der Waals surface area contributed by atoms with Gasteiger partial charge < -0.3 is 15.0 Å². The molecule has 1 saturated heterocycles. The van der Waals surface area contributed by atoms with Gasteiger partial charge in [0.25, 0.3) is 0 Å². The van der Waals surface area contributed by atoms with Crippen LogP contribution in [-0.4, -0.2) is 44.0 Å². The number of nitrogens with one attached hydrogen (secondary N) is 1. The zero-order chi connectivity index (χ0) is 22.6. The average Bonchev–Trinajstić information content (AvgIpc) is 3.23. The minimum absolute atomic E-state index is 0.000631. The van der Waals surface area contributed by atoms with Crippen LogP contribution in [0.4, 0.5) is 5.69 Å². The van der Waals surface area contributed by atoms with E-state index >= 15 is 0 Å². The van der Waals surface area contributed by atoms with E-state index in [1.54, 1.807) is 12.1 Å². The van der Waals surface area contributed by atoms with E-state index in [4.69, 9.17) is 16.6 Å². The Labute approximate surface area is 195 Å². The molecule has 4 heterocycles. The van der Waals surface area contributed by atoms with Gasteiger partial charge in [0.1, 0.15) is 11.4 Å². The van der Waals surface area contributed by atoms with Gasteiger partial charge in [0.2, 0.25) is 5.91 Å². The first-order chi connectivity index (χ1) is 15.9. The zero-order valence-corrected chi connectivity index (χ0v) is 18.8. The molecule has 2 aromatic carbocycles. The van der Waals surface area contributed by atoms with E-state index in [2.05, 4.69) is 21.7 Å². The summed E-state index contributed by atoms with van der Waals surface area (Å²) in [5.74, 6) is 0.734. The van der Waals surface area contributed by atoms with E-state index < -0.39 is 11.5 Å². The van der Waals surface area contributed by atoms with Gasteiger partial charge in [0.05, 0.1) is 16.6 Å². The third-order valence-electron chi connectivity index (χ3n) is 8.30. The number of anilines is 1. The molecule has 1 aromatic heterocycles. The Balaban J connectivity index is 1.40. The van der Waals surface area contributed by atoms with Crippen LogP contribution < -0.4 is 5.32 Å². The molecule has 2 unspecified atom stereocenters. The number of carbonyl (C=O) groups excluding carboxylic acids is 1. The first-order valence-corrected chi connectivity index (χ1v) is 11.9. The van der Waals surface area contributed by atoms with Crippen molar-refractivity contribution < 1.29 is 14.7 Å². The van der Waals surface area contributed by atoms with Crippen molar-refractivity contribution >= 4 is 40.2 Å². The fraction of sp³-hybridized carbons (Fsp3) is 0.400. The van der Waals surface area contributed by atoms with Crippen LogP contribution >= 0.6 is 11.6 Å². The van der Waals surface area contributed by atoms with Gasteiger partial charge in [-0.15, -0.1) is 0 Å². The lowest BCUT2D eigenvalue weighted by Gasteiger charge is -2.39. The van der Waals surface area contributed by atoms with E-state index in [-0.39, 0.29) is 29.3 Å². The highest BCUT2D eigenvalue weighted by Gasteiger charge is 2.67. The average molecular weight is 463 g/mol. The molecular formula is C25H23ClN4O3. The van der Waals surface area contributed by atoms with Crippen LogP contribution in [0.3, 0.4) is 0 Å². The molecule has 4 atom stereocenters. The highest BCUT2D eigenvalue weighted by molar-refractivity contribution is 6.31. The molecule has 7 rings (SSSR count). The SMILES string of the molecule is C[C@@H]1C2c3nc4cc(C(=O)O)ccc4n3CC2N(CC2CC2)[C@]12C(=O)Nc1cc(Cl)ccc12. The number of halogens is 1. The number of amides is 1. The summed E-state index contributed by atoms with van der Waals surface area (Å²) in [6, 6.07) is 11.1. The van der Waals surface area contributed by atoms with Crippen molar-refractivity contribution in [1.29, 1.82) is 0 Å². The number of carbonyl (C=O) groups is 2. The van der Waals surface area contributed by atoms with Crippen LogP contribution in [0.25, 0.3) is 11.0 Å². The van der Waals surface area contributed by atoms with Crippen molar-refractivity contribution in [3.63, 3.8) is 0 Å². The number of aromatic nitrogens is 2. The van der Waals surface area contributed by atoms with Crippen LogP contribution in [0.5, 0.6) is 0 Å². The smallest absolute Gasteiger partial charge is 0.335 e. The van der Waals surface area contributed by atoms with Crippen LogP contribution in [0.15, 0.2) is 36.4 Å². The summed E-state index contributed by atoms with van der Waals surface area (Å²) >= 11 is 6.26. The van der Waals surface area contributed by atoms with Crippen LogP contribution in [0.1, 0.15) is 47.4 Å². The molecule has 3 aromatic rings. The zero-order valence-electron chi connectivity index (χ0n) is 18.1. The minimum atomic E-state index is -0.954. The molecule has 8 heteroatoms. The van der Waals surface area contributed by atoms with E-state index in [9.17, 15) is 14.7 Å². The first kappa shape index (κ1) is 19.6. The van der Waals surface area contributed by atoms with Crippen molar-refractivity contribution in [2.75, 3.05) is 11.9 Å². The second kappa shape index (κ2) is 6.36. The van der Waals surface area contributed by atoms with Gasteiger partial charge in [0, 0.05) is 41.3 Å². The van der Waals surface area contributed by atoms with E-state index in [0.717, 1.165) is 35.7 Å². The van der Waals surface area contributed by atoms with Gasteiger partial charge in [-0.25, -0.2) is 9.78 Å². The Bertz CT molecular complexity index is 1380. The topological polar surface area (TPSA) is 87.5 Å². The van der Waals surface area contributed by atoms with Gasteiger partial charge in [-0.1, -0.05) is 24.6 Å². The predicted octanol–water partition coefficient (Wildman–Crippen LogP) is 4.06. The van der Waals surface area contributed by atoms with Gasteiger partial charge in [-0.05, 0) is 55.0 Å². The van der Waals surface area contributed by atoms with Crippen molar-refractivity contribution in [1.82, 2.24) is 14.5 Å². The number of hydrogen-bond acceptors (Lipinski definition) is 4. The van der Waals surface area contributed by atoms with Gasteiger partial charge in [0.15, 0.2) is 0 Å². The van der Waals surface area contributed by atoms with Crippen LogP contribution in [-0.2, 0) is 16.9 Å².